The molecule has 0 aliphatic carbocycles. The number of methoxy groups -OCH3 is 1. The molecule has 0 aliphatic heterocycles. The second-order valence-corrected chi connectivity index (χ2v) is 3.80. The Morgan fingerprint density at radius 1 is 1.53 bits per heavy atom. The van der Waals surface area contributed by atoms with Crippen molar-refractivity contribution in [3.8, 4) is 5.75 Å². The molecule has 1 aromatic carbocycles. The maximum atomic E-state index is 11.3. The third-order valence-corrected chi connectivity index (χ3v) is 2.52. The van der Waals surface area contributed by atoms with Crippen LogP contribution >= 0.6 is 0 Å². The van der Waals surface area contributed by atoms with Gasteiger partial charge in [0.1, 0.15) is 0 Å². The van der Waals surface area contributed by atoms with Crippen LogP contribution in [-0.2, 0) is 9.53 Å². The van der Waals surface area contributed by atoms with E-state index in [1.54, 1.807) is 13.0 Å². The van der Waals surface area contributed by atoms with Gasteiger partial charge in [-0.25, -0.2) is 0 Å². The first-order chi connectivity index (χ1) is 8.99. The van der Waals surface area contributed by atoms with Gasteiger partial charge in [-0.3, -0.25) is 14.9 Å². The van der Waals surface area contributed by atoms with Gasteiger partial charge in [-0.1, -0.05) is 6.07 Å². The Kier molecular flexibility index (Phi) is 5.25. The van der Waals surface area contributed by atoms with Gasteiger partial charge >= 0.3 is 11.7 Å². The van der Waals surface area contributed by atoms with Crippen LogP contribution in [0.5, 0.6) is 5.75 Å². The van der Waals surface area contributed by atoms with E-state index < -0.39 is 16.9 Å². The number of nitrogens with two attached hydrogens (primary N) is 1. The lowest BCUT2D eigenvalue weighted by molar-refractivity contribution is -0.385. The van der Waals surface area contributed by atoms with Gasteiger partial charge in [-0.05, 0) is 18.6 Å². The second kappa shape index (κ2) is 6.69. The van der Waals surface area contributed by atoms with Crippen LogP contribution in [-0.4, -0.2) is 24.6 Å². The summed E-state index contributed by atoms with van der Waals surface area (Å²) in [5, 5.41) is 10.9. The lowest BCUT2D eigenvalue weighted by Gasteiger charge is -2.12. The largest absolute Gasteiger partial charge is 0.490 e. The van der Waals surface area contributed by atoms with Crippen LogP contribution in [0.15, 0.2) is 18.2 Å². The van der Waals surface area contributed by atoms with Crippen molar-refractivity contribution in [3.63, 3.8) is 0 Å². The first-order valence-corrected chi connectivity index (χ1v) is 5.73. The molecule has 2 N–H and O–H groups in total. The van der Waals surface area contributed by atoms with Crippen LogP contribution in [0.4, 0.5) is 5.69 Å². The summed E-state index contributed by atoms with van der Waals surface area (Å²) in [4.78, 5) is 21.6. The third-order valence-electron chi connectivity index (χ3n) is 2.52. The molecule has 0 amide bonds. The lowest BCUT2D eigenvalue weighted by atomic mass is 10.0. The molecule has 0 aliphatic rings. The summed E-state index contributed by atoms with van der Waals surface area (Å²) in [7, 11) is 1.35. The highest BCUT2D eigenvalue weighted by molar-refractivity contribution is 5.70. The molecule has 104 valence electrons. The summed E-state index contributed by atoms with van der Waals surface area (Å²) in [5.41, 5.74) is 6.13. The Bertz CT molecular complexity index is 475. The molecule has 0 spiro atoms. The number of nitro groups is 1. The molecular formula is C12H16N2O5. The van der Waals surface area contributed by atoms with Gasteiger partial charge in [0.15, 0.2) is 5.75 Å². The summed E-state index contributed by atoms with van der Waals surface area (Å²) in [6, 6.07) is 3.71. The summed E-state index contributed by atoms with van der Waals surface area (Å²) in [5.74, 6) is -0.287. The molecule has 0 saturated carbocycles. The average molecular weight is 268 g/mol. The van der Waals surface area contributed by atoms with Crippen LogP contribution < -0.4 is 10.5 Å². The quantitative estimate of drug-likeness (QED) is 0.477. The van der Waals surface area contributed by atoms with Gasteiger partial charge in [0.25, 0.3) is 0 Å². The number of hydrogen-bond donors (Lipinski definition) is 1. The number of nitrogens with zero attached hydrogens (tertiary/aromatic N) is 1. The number of nitro benzene ring substituents is 1. The SMILES string of the molecule is CCOC(=O)C[C@H](N)c1ccc(OC)c([N+](=O)[O-])c1. The molecule has 0 aromatic heterocycles. The number of hydrogen-bond acceptors (Lipinski definition) is 6. The zero-order chi connectivity index (χ0) is 14.4. The van der Waals surface area contributed by atoms with Gasteiger partial charge in [0.05, 0.1) is 25.1 Å². The van der Waals surface area contributed by atoms with E-state index in [4.69, 9.17) is 15.2 Å². The molecular weight excluding hydrogens is 252 g/mol. The molecule has 0 bridgehead atoms. The second-order valence-electron chi connectivity index (χ2n) is 3.80. The van der Waals surface area contributed by atoms with Crippen LogP contribution in [0, 0.1) is 10.1 Å². The molecule has 7 heteroatoms. The molecule has 19 heavy (non-hydrogen) atoms. The average Bonchev–Trinajstić information content (AvgIpc) is 2.37. The van der Waals surface area contributed by atoms with E-state index in [0.717, 1.165) is 0 Å². The van der Waals surface area contributed by atoms with E-state index in [0.29, 0.717) is 5.56 Å². The third kappa shape index (κ3) is 3.92. The van der Waals surface area contributed by atoms with Crippen molar-refractivity contribution in [2.75, 3.05) is 13.7 Å². The fourth-order valence-corrected chi connectivity index (χ4v) is 1.60. The Labute approximate surface area is 110 Å². The Hall–Kier alpha value is -2.15. The van der Waals surface area contributed by atoms with Crippen molar-refractivity contribution in [1.29, 1.82) is 0 Å². The number of esters is 1. The zero-order valence-corrected chi connectivity index (χ0v) is 10.8. The van der Waals surface area contributed by atoms with Crippen LogP contribution in [0.25, 0.3) is 0 Å². The Morgan fingerprint density at radius 2 is 2.21 bits per heavy atom. The normalized spacial score (nSPS) is 11.7. The van der Waals surface area contributed by atoms with Gasteiger partial charge in [0, 0.05) is 12.1 Å². The van der Waals surface area contributed by atoms with Crippen molar-refractivity contribution in [1.82, 2.24) is 0 Å². The Morgan fingerprint density at radius 3 is 2.74 bits per heavy atom. The molecule has 1 atom stereocenters. The van der Waals surface area contributed by atoms with Crippen molar-refractivity contribution >= 4 is 11.7 Å². The predicted octanol–water partition coefficient (Wildman–Crippen LogP) is 1.56. The molecule has 1 aromatic rings. The van der Waals surface area contributed by atoms with Gasteiger partial charge in [-0.2, -0.15) is 0 Å². The number of rotatable bonds is 6. The molecule has 7 nitrogen and oxygen atoms in total. The first-order valence-electron chi connectivity index (χ1n) is 5.73. The molecule has 0 radical (unpaired) electrons. The van der Waals surface area contributed by atoms with Gasteiger partial charge < -0.3 is 15.2 Å². The molecule has 1 rings (SSSR count). The fourth-order valence-electron chi connectivity index (χ4n) is 1.60. The molecule has 0 saturated heterocycles. The highest BCUT2D eigenvalue weighted by Crippen LogP contribution is 2.30. The minimum Gasteiger partial charge on any atom is -0.490 e. The van der Waals surface area contributed by atoms with Crippen LogP contribution in [0.2, 0.25) is 0 Å². The van der Waals surface area contributed by atoms with Crippen LogP contribution in [0.3, 0.4) is 0 Å². The maximum absolute atomic E-state index is 11.3. The summed E-state index contributed by atoms with van der Waals surface area (Å²) in [6.45, 7) is 1.97. The standard InChI is InChI=1S/C12H16N2O5/c1-3-19-12(15)7-9(13)8-4-5-11(18-2)10(6-8)14(16)17/h4-6,9H,3,7,13H2,1-2H3/t9-/m0/s1. The van der Waals surface area contributed by atoms with Crippen molar-refractivity contribution in [2.45, 2.75) is 19.4 Å². The van der Waals surface area contributed by atoms with E-state index in [-0.39, 0.29) is 24.5 Å². The summed E-state index contributed by atoms with van der Waals surface area (Å²) < 4.78 is 9.67. The topological polar surface area (TPSA) is 105 Å². The maximum Gasteiger partial charge on any atom is 0.311 e. The first kappa shape index (κ1) is 14.9. The van der Waals surface area contributed by atoms with Gasteiger partial charge in [0.2, 0.25) is 0 Å². The summed E-state index contributed by atoms with van der Waals surface area (Å²) in [6.07, 6.45) is -0.0304. The smallest absolute Gasteiger partial charge is 0.311 e. The van der Waals surface area contributed by atoms with Crippen molar-refractivity contribution in [2.24, 2.45) is 5.73 Å². The van der Waals surface area contributed by atoms with E-state index >= 15 is 0 Å². The van der Waals surface area contributed by atoms with E-state index in [9.17, 15) is 14.9 Å². The molecule has 0 heterocycles. The molecule has 0 fully saturated rings. The number of carbonyl (C=O) groups is 1. The zero-order valence-electron chi connectivity index (χ0n) is 10.8. The fraction of sp³-hybridized carbons (Fsp3) is 0.417. The van der Waals surface area contributed by atoms with Crippen molar-refractivity contribution < 1.29 is 19.2 Å². The number of ether oxygens (including phenoxy) is 2. The minimum atomic E-state index is -0.649. The minimum absolute atomic E-state index is 0.0304. The van der Waals surface area contributed by atoms with E-state index in [2.05, 4.69) is 0 Å². The highest BCUT2D eigenvalue weighted by Gasteiger charge is 2.19. The predicted molar refractivity (Wildman–Crippen MR) is 67.8 cm³/mol. The van der Waals surface area contributed by atoms with Crippen LogP contribution in [0.1, 0.15) is 24.9 Å². The summed E-state index contributed by atoms with van der Waals surface area (Å²) >= 11 is 0. The van der Waals surface area contributed by atoms with Crippen molar-refractivity contribution in [3.05, 3.63) is 33.9 Å². The Balaban J connectivity index is 2.92. The monoisotopic (exact) mass is 268 g/mol. The van der Waals surface area contributed by atoms with E-state index in [1.165, 1.54) is 19.2 Å². The molecule has 0 unspecified atom stereocenters. The number of benzene rings is 1. The lowest BCUT2D eigenvalue weighted by Crippen LogP contribution is -2.17. The highest BCUT2D eigenvalue weighted by atomic mass is 16.6. The van der Waals surface area contributed by atoms with Gasteiger partial charge in [-0.15, -0.1) is 0 Å². The van der Waals surface area contributed by atoms with E-state index in [1.807, 2.05) is 0 Å². The number of carbonyl (C=O) groups excluding carboxylic acids is 1.